The quantitative estimate of drug-likeness (QED) is 0.122. The minimum atomic E-state index is -0.0436. The van der Waals surface area contributed by atoms with E-state index in [2.05, 4.69) is 20.8 Å². The zero-order valence-electron chi connectivity index (χ0n) is 20.7. The Kier molecular flexibility index (Phi) is 22.2. The lowest BCUT2D eigenvalue weighted by Gasteiger charge is -2.16. The first-order valence-corrected chi connectivity index (χ1v) is 13.3. The molecule has 0 aliphatic carbocycles. The summed E-state index contributed by atoms with van der Waals surface area (Å²) in [5, 5.41) is 0. The van der Waals surface area contributed by atoms with E-state index in [1.807, 2.05) is 0 Å². The molecule has 1 atom stereocenters. The van der Waals surface area contributed by atoms with Crippen molar-refractivity contribution in [1.29, 1.82) is 0 Å². The standard InChI is InChI=1S/C27H52O3/c1-4-7-10-12-14-16-19-26(28)22-21-25(18-15-9-6-3)23-24-30-27(29)20-17-13-11-8-5-2/h25H,4-24H2,1-3H3. The van der Waals surface area contributed by atoms with E-state index >= 15 is 0 Å². The Morgan fingerprint density at radius 2 is 1.10 bits per heavy atom. The minimum absolute atomic E-state index is 0.0436. The van der Waals surface area contributed by atoms with Crippen LogP contribution in [-0.4, -0.2) is 18.4 Å². The molecule has 0 rings (SSSR count). The second-order valence-corrected chi connectivity index (χ2v) is 9.13. The van der Waals surface area contributed by atoms with Crippen LogP contribution in [-0.2, 0) is 14.3 Å². The molecular formula is C27H52O3. The van der Waals surface area contributed by atoms with Crippen molar-refractivity contribution in [2.75, 3.05) is 6.61 Å². The Balaban J connectivity index is 3.98. The van der Waals surface area contributed by atoms with Gasteiger partial charge in [-0.2, -0.15) is 0 Å². The van der Waals surface area contributed by atoms with E-state index in [0.29, 0.717) is 31.1 Å². The van der Waals surface area contributed by atoms with Gasteiger partial charge in [0.1, 0.15) is 5.78 Å². The van der Waals surface area contributed by atoms with Crippen LogP contribution in [0.2, 0.25) is 0 Å². The maximum Gasteiger partial charge on any atom is 0.305 e. The van der Waals surface area contributed by atoms with Gasteiger partial charge in [0.15, 0.2) is 0 Å². The second kappa shape index (κ2) is 22.8. The van der Waals surface area contributed by atoms with Crippen molar-refractivity contribution in [3.05, 3.63) is 0 Å². The van der Waals surface area contributed by atoms with Crippen LogP contribution in [0.15, 0.2) is 0 Å². The van der Waals surface area contributed by atoms with E-state index in [9.17, 15) is 9.59 Å². The fourth-order valence-electron chi connectivity index (χ4n) is 3.99. The molecule has 3 nitrogen and oxygen atoms in total. The van der Waals surface area contributed by atoms with Crippen LogP contribution >= 0.6 is 0 Å². The molecule has 0 aromatic rings. The smallest absolute Gasteiger partial charge is 0.305 e. The third-order valence-corrected chi connectivity index (χ3v) is 6.13. The van der Waals surface area contributed by atoms with E-state index < -0.39 is 0 Å². The Morgan fingerprint density at radius 1 is 0.567 bits per heavy atom. The van der Waals surface area contributed by atoms with Crippen LogP contribution in [0.1, 0.15) is 149 Å². The van der Waals surface area contributed by atoms with E-state index in [-0.39, 0.29) is 5.97 Å². The molecule has 30 heavy (non-hydrogen) atoms. The van der Waals surface area contributed by atoms with E-state index in [1.54, 1.807) is 0 Å². The van der Waals surface area contributed by atoms with Crippen molar-refractivity contribution in [1.82, 2.24) is 0 Å². The average molecular weight is 425 g/mol. The molecule has 0 spiro atoms. The summed E-state index contributed by atoms with van der Waals surface area (Å²) in [5.41, 5.74) is 0. The summed E-state index contributed by atoms with van der Waals surface area (Å²) in [6.07, 6.45) is 21.9. The van der Waals surface area contributed by atoms with Gasteiger partial charge in [0, 0.05) is 19.3 Å². The van der Waals surface area contributed by atoms with Gasteiger partial charge in [0.05, 0.1) is 6.61 Å². The molecular weight excluding hydrogens is 372 g/mol. The van der Waals surface area contributed by atoms with Crippen LogP contribution in [0.3, 0.4) is 0 Å². The number of esters is 1. The first kappa shape index (κ1) is 29.1. The summed E-state index contributed by atoms with van der Waals surface area (Å²) >= 11 is 0. The monoisotopic (exact) mass is 424 g/mol. The maximum absolute atomic E-state index is 12.3. The highest BCUT2D eigenvalue weighted by molar-refractivity contribution is 5.78. The maximum atomic E-state index is 12.3. The number of Topliss-reactive ketones (excluding diaryl/α,β-unsaturated/α-hetero) is 1. The van der Waals surface area contributed by atoms with Crippen LogP contribution in [0, 0.1) is 5.92 Å². The summed E-state index contributed by atoms with van der Waals surface area (Å²) in [6, 6.07) is 0. The largest absolute Gasteiger partial charge is 0.466 e. The molecule has 0 aromatic carbocycles. The molecule has 1 unspecified atom stereocenters. The third kappa shape index (κ3) is 20.4. The molecule has 0 fully saturated rings. The van der Waals surface area contributed by atoms with E-state index in [0.717, 1.165) is 44.9 Å². The number of carbonyl (C=O) groups is 2. The van der Waals surface area contributed by atoms with Crippen molar-refractivity contribution < 1.29 is 14.3 Å². The number of carbonyl (C=O) groups excluding carboxylic acids is 2. The average Bonchev–Trinajstić information content (AvgIpc) is 2.74. The van der Waals surface area contributed by atoms with Crippen molar-refractivity contribution in [3.8, 4) is 0 Å². The molecule has 0 radical (unpaired) electrons. The van der Waals surface area contributed by atoms with Crippen molar-refractivity contribution >= 4 is 11.8 Å². The fraction of sp³-hybridized carbons (Fsp3) is 0.926. The molecule has 0 aliphatic rings. The summed E-state index contributed by atoms with van der Waals surface area (Å²) < 4.78 is 5.48. The first-order chi connectivity index (χ1) is 14.6. The van der Waals surface area contributed by atoms with E-state index in [1.165, 1.54) is 70.6 Å². The van der Waals surface area contributed by atoms with Gasteiger partial charge >= 0.3 is 5.97 Å². The predicted octanol–water partition coefficient (Wildman–Crippen LogP) is 8.58. The molecule has 0 N–H and O–H groups in total. The van der Waals surface area contributed by atoms with Gasteiger partial charge in [0.25, 0.3) is 0 Å². The van der Waals surface area contributed by atoms with Crippen LogP contribution in [0.4, 0.5) is 0 Å². The number of hydrogen-bond donors (Lipinski definition) is 0. The van der Waals surface area contributed by atoms with Gasteiger partial charge in [-0.1, -0.05) is 104 Å². The summed E-state index contributed by atoms with van der Waals surface area (Å²) in [7, 11) is 0. The fourth-order valence-corrected chi connectivity index (χ4v) is 3.99. The zero-order chi connectivity index (χ0) is 22.3. The normalized spacial score (nSPS) is 12.1. The van der Waals surface area contributed by atoms with Crippen molar-refractivity contribution in [2.45, 2.75) is 149 Å². The molecule has 0 saturated carbocycles. The molecule has 3 heteroatoms. The van der Waals surface area contributed by atoms with Crippen molar-refractivity contribution in [2.24, 2.45) is 5.92 Å². The molecule has 0 amide bonds. The van der Waals surface area contributed by atoms with Gasteiger partial charge in [-0.25, -0.2) is 0 Å². The Hall–Kier alpha value is -0.860. The molecule has 0 heterocycles. The van der Waals surface area contributed by atoms with Crippen molar-refractivity contribution in [3.63, 3.8) is 0 Å². The number of ether oxygens (including phenoxy) is 1. The summed E-state index contributed by atoms with van der Waals surface area (Å²) in [6.45, 7) is 7.18. The van der Waals surface area contributed by atoms with Gasteiger partial charge in [0.2, 0.25) is 0 Å². The zero-order valence-corrected chi connectivity index (χ0v) is 20.7. The number of rotatable bonds is 23. The van der Waals surface area contributed by atoms with Crippen LogP contribution in [0.25, 0.3) is 0 Å². The number of hydrogen-bond acceptors (Lipinski definition) is 3. The van der Waals surface area contributed by atoms with Crippen LogP contribution in [0.5, 0.6) is 0 Å². The predicted molar refractivity (Wildman–Crippen MR) is 129 cm³/mol. The summed E-state index contributed by atoms with van der Waals surface area (Å²) in [4.78, 5) is 24.2. The third-order valence-electron chi connectivity index (χ3n) is 6.13. The number of unbranched alkanes of at least 4 members (excludes halogenated alkanes) is 11. The Morgan fingerprint density at radius 3 is 1.73 bits per heavy atom. The lowest BCUT2D eigenvalue weighted by Crippen LogP contribution is -2.12. The topological polar surface area (TPSA) is 43.4 Å². The molecule has 178 valence electrons. The highest BCUT2D eigenvalue weighted by Crippen LogP contribution is 2.21. The molecule has 0 aromatic heterocycles. The second-order valence-electron chi connectivity index (χ2n) is 9.13. The number of ketones is 1. The van der Waals surface area contributed by atoms with Gasteiger partial charge in [-0.15, -0.1) is 0 Å². The Bertz CT molecular complexity index is 392. The first-order valence-electron chi connectivity index (χ1n) is 13.3. The van der Waals surface area contributed by atoms with E-state index in [4.69, 9.17) is 4.74 Å². The lowest BCUT2D eigenvalue weighted by molar-refractivity contribution is -0.144. The lowest BCUT2D eigenvalue weighted by atomic mass is 9.91. The van der Waals surface area contributed by atoms with Crippen LogP contribution < -0.4 is 0 Å². The van der Waals surface area contributed by atoms with Gasteiger partial charge in [-0.3, -0.25) is 9.59 Å². The Labute approximate surface area is 188 Å². The minimum Gasteiger partial charge on any atom is -0.466 e. The molecule has 0 aliphatic heterocycles. The van der Waals surface area contributed by atoms with Gasteiger partial charge < -0.3 is 4.74 Å². The molecule has 0 bridgehead atoms. The van der Waals surface area contributed by atoms with Gasteiger partial charge in [-0.05, 0) is 31.6 Å². The highest BCUT2D eigenvalue weighted by Gasteiger charge is 2.13. The SMILES string of the molecule is CCCCCCCCC(=O)CCC(CCCCC)CCOC(=O)CCCCCCC. The molecule has 0 saturated heterocycles. The summed E-state index contributed by atoms with van der Waals surface area (Å²) in [5.74, 6) is 0.899. The highest BCUT2D eigenvalue weighted by atomic mass is 16.5.